The van der Waals surface area contributed by atoms with Crippen LogP contribution in [0.4, 0.5) is 0 Å². The average Bonchev–Trinajstić information content (AvgIpc) is 2.72. The first-order valence-electron chi connectivity index (χ1n) is 4.46. The molecule has 0 amide bonds. The van der Waals surface area contributed by atoms with E-state index in [4.69, 9.17) is 10.5 Å². The van der Waals surface area contributed by atoms with Crippen molar-refractivity contribution in [1.29, 1.82) is 0 Å². The maximum atomic E-state index is 5.83. The molecule has 13 heavy (non-hydrogen) atoms. The van der Waals surface area contributed by atoms with Crippen LogP contribution >= 0.6 is 0 Å². The molecule has 0 aromatic carbocycles. The molecule has 0 radical (unpaired) electrons. The fourth-order valence-corrected chi connectivity index (χ4v) is 1.59. The number of ether oxygens (including phenoxy) is 1. The number of rotatable bonds is 3. The average molecular weight is 183 g/mol. The van der Waals surface area contributed by atoms with Crippen molar-refractivity contribution in [3.05, 3.63) is 5.82 Å². The lowest BCUT2D eigenvalue weighted by Crippen LogP contribution is -2.31. The molecule has 2 rings (SSSR count). The third-order valence-corrected chi connectivity index (χ3v) is 2.32. The quantitative estimate of drug-likeness (QED) is 0.665. The first-order chi connectivity index (χ1) is 6.36. The summed E-state index contributed by atoms with van der Waals surface area (Å²) in [5, 5.41) is 13.4. The summed E-state index contributed by atoms with van der Waals surface area (Å²) in [6.45, 7) is 0.398. The van der Waals surface area contributed by atoms with Gasteiger partial charge in [-0.15, -0.1) is 10.2 Å². The third-order valence-electron chi connectivity index (χ3n) is 2.32. The number of nitrogens with two attached hydrogens (primary N) is 1. The Hall–Kier alpha value is -1.01. The van der Waals surface area contributed by atoms with Crippen LogP contribution in [-0.2, 0) is 11.3 Å². The van der Waals surface area contributed by atoms with Crippen LogP contribution in [-0.4, -0.2) is 32.8 Å². The molecule has 1 aromatic heterocycles. The van der Waals surface area contributed by atoms with Crippen LogP contribution in [0, 0.1) is 0 Å². The van der Waals surface area contributed by atoms with Gasteiger partial charge in [0.15, 0.2) is 5.82 Å². The Kier molecular flexibility index (Phi) is 2.51. The van der Waals surface area contributed by atoms with Crippen molar-refractivity contribution in [3.63, 3.8) is 0 Å². The second kappa shape index (κ2) is 3.80. The number of H-pyrrole nitrogens is 1. The molecule has 1 heterocycles. The van der Waals surface area contributed by atoms with Gasteiger partial charge in [0.05, 0.1) is 6.10 Å². The number of hydrogen-bond donors (Lipinski definition) is 2. The summed E-state index contributed by atoms with van der Waals surface area (Å²) in [5.41, 5.74) is 5.83. The van der Waals surface area contributed by atoms with Gasteiger partial charge in [-0.1, -0.05) is 5.21 Å². The highest BCUT2D eigenvalue weighted by atomic mass is 16.5. The fraction of sp³-hybridized carbons (Fsp3) is 0.857. The van der Waals surface area contributed by atoms with Crippen LogP contribution in [0.2, 0.25) is 0 Å². The van der Waals surface area contributed by atoms with E-state index in [1.807, 2.05) is 0 Å². The van der Waals surface area contributed by atoms with Crippen LogP contribution in [0.15, 0.2) is 0 Å². The molecule has 6 heteroatoms. The monoisotopic (exact) mass is 183 g/mol. The molecule has 2 atom stereocenters. The molecule has 0 spiro atoms. The van der Waals surface area contributed by atoms with Gasteiger partial charge in [0.2, 0.25) is 0 Å². The topological polar surface area (TPSA) is 89.7 Å². The minimum atomic E-state index is 0.165. The van der Waals surface area contributed by atoms with Crippen molar-refractivity contribution >= 4 is 0 Å². The van der Waals surface area contributed by atoms with E-state index in [1.54, 1.807) is 0 Å². The first-order valence-corrected chi connectivity index (χ1v) is 4.46. The summed E-state index contributed by atoms with van der Waals surface area (Å²) in [5.74, 6) is 0.583. The number of aromatic amines is 1. The van der Waals surface area contributed by atoms with Crippen LogP contribution in [0.3, 0.4) is 0 Å². The molecule has 1 aliphatic rings. The highest BCUT2D eigenvalue weighted by Gasteiger charge is 2.24. The Morgan fingerprint density at radius 2 is 2.46 bits per heavy atom. The summed E-state index contributed by atoms with van der Waals surface area (Å²) < 4.78 is 5.55. The maximum Gasteiger partial charge on any atom is 0.200 e. The van der Waals surface area contributed by atoms with E-state index in [2.05, 4.69) is 20.6 Å². The molecule has 3 N–H and O–H groups in total. The van der Waals surface area contributed by atoms with Crippen molar-refractivity contribution < 1.29 is 4.74 Å². The molecule has 1 saturated carbocycles. The normalized spacial score (nSPS) is 28.1. The lowest BCUT2D eigenvalue weighted by Gasteiger charge is -2.14. The molecule has 1 aromatic rings. The Morgan fingerprint density at radius 3 is 3.08 bits per heavy atom. The predicted molar refractivity (Wildman–Crippen MR) is 44.6 cm³/mol. The smallest absolute Gasteiger partial charge is 0.200 e. The SMILES string of the molecule is N[C@H]1CCC[C@@H]1OCc1nn[nH]n1. The number of nitrogens with one attached hydrogen (secondary N) is 1. The lowest BCUT2D eigenvalue weighted by molar-refractivity contribution is 0.0320. The van der Waals surface area contributed by atoms with E-state index < -0.39 is 0 Å². The van der Waals surface area contributed by atoms with Crippen molar-refractivity contribution in [1.82, 2.24) is 20.6 Å². The van der Waals surface area contributed by atoms with E-state index in [1.165, 1.54) is 0 Å². The molecule has 6 nitrogen and oxygen atoms in total. The third kappa shape index (κ3) is 2.02. The van der Waals surface area contributed by atoms with Crippen molar-refractivity contribution in [2.45, 2.75) is 38.0 Å². The van der Waals surface area contributed by atoms with Gasteiger partial charge in [-0.05, 0) is 19.3 Å². The van der Waals surface area contributed by atoms with Crippen LogP contribution in [0.25, 0.3) is 0 Å². The second-order valence-corrected chi connectivity index (χ2v) is 3.27. The zero-order chi connectivity index (χ0) is 9.10. The van der Waals surface area contributed by atoms with Gasteiger partial charge in [-0.3, -0.25) is 0 Å². The Bertz CT molecular complexity index is 249. The van der Waals surface area contributed by atoms with Crippen molar-refractivity contribution in [2.24, 2.45) is 5.73 Å². The molecule has 72 valence electrons. The molecule has 1 aliphatic carbocycles. The minimum Gasteiger partial charge on any atom is -0.368 e. The predicted octanol–water partition coefficient (Wildman–Crippen LogP) is -0.404. The van der Waals surface area contributed by atoms with Gasteiger partial charge in [0.1, 0.15) is 6.61 Å². The van der Waals surface area contributed by atoms with Crippen LogP contribution < -0.4 is 5.73 Å². The maximum absolute atomic E-state index is 5.83. The summed E-state index contributed by atoms with van der Waals surface area (Å²) in [6.07, 6.45) is 3.41. The van der Waals surface area contributed by atoms with Gasteiger partial charge in [0, 0.05) is 6.04 Å². The van der Waals surface area contributed by atoms with Gasteiger partial charge in [-0.2, -0.15) is 5.21 Å². The molecule has 0 unspecified atom stereocenters. The highest BCUT2D eigenvalue weighted by Crippen LogP contribution is 2.20. The number of nitrogens with zero attached hydrogens (tertiary/aromatic N) is 3. The Labute approximate surface area is 75.8 Å². The van der Waals surface area contributed by atoms with Gasteiger partial charge < -0.3 is 10.5 Å². The number of hydrogen-bond acceptors (Lipinski definition) is 5. The standard InChI is InChI=1S/C7H13N5O/c8-5-2-1-3-6(5)13-4-7-9-11-12-10-7/h5-6H,1-4,8H2,(H,9,10,11,12)/t5-,6-/m0/s1. The summed E-state index contributed by atoms with van der Waals surface area (Å²) in [6, 6.07) is 0.173. The fourth-order valence-electron chi connectivity index (χ4n) is 1.59. The van der Waals surface area contributed by atoms with Crippen LogP contribution in [0.5, 0.6) is 0 Å². The van der Waals surface area contributed by atoms with E-state index in [-0.39, 0.29) is 12.1 Å². The zero-order valence-corrected chi connectivity index (χ0v) is 7.31. The Morgan fingerprint density at radius 1 is 1.54 bits per heavy atom. The van der Waals surface area contributed by atoms with Crippen LogP contribution in [0.1, 0.15) is 25.1 Å². The van der Waals surface area contributed by atoms with E-state index >= 15 is 0 Å². The Balaban J connectivity index is 1.79. The molecular formula is C7H13N5O. The molecule has 0 bridgehead atoms. The summed E-state index contributed by atoms with van der Waals surface area (Å²) in [4.78, 5) is 0. The minimum absolute atomic E-state index is 0.165. The second-order valence-electron chi connectivity index (χ2n) is 3.27. The molecule has 0 saturated heterocycles. The van der Waals surface area contributed by atoms with Crippen molar-refractivity contribution in [3.8, 4) is 0 Å². The van der Waals surface area contributed by atoms with E-state index in [9.17, 15) is 0 Å². The number of tetrazole rings is 1. The van der Waals surface area contributed by atoms with E-state index in [0.717, 1.165) is 19.3 Å². The van der Waals surface area contributed by atoms with Gasteiger partial charge >= 0.3 is 0 Å². The largest absolute Gasteiger partial charge is 0.368 e. The lowest BCUT2D eigenvalue weighted by atomic mass is 10.2. The summed E-state index contributed by atoms with van der Waals surface area (Å²) in [7, 11) is 0. The highest BCUT2D eigenvalue weighted by molar-refractivity contribution is 4.82. The van der Waals surface area contributed by atoms with Gasteiger partial charge in [-0.25, -0.2) is 0 Å². The van der Waals surface area contributed by atoms with E-state index in [0.29, 0.717) is 12.4 Å². The van der Waals surface area contributed by atoms with Gasteiger partial charge in [0.25, 0.3) is 0 Å². The zero-order valence-electron chi connectivity index (χ0n) is 7.31. The molecular weight excluding hydrogens is 170 g/mol. The summed E-state index contributed by atoms with van der Waals surface area (Å²) >= 11 is 0. The van der Waals surface area contributed by atoms with Crippen molar-refractivity contribution in [2.75, 3.05) is 0 Å². The molecule has 1 fully saturated rings. The first kappa shape index (κ1) is 8.58. The number of aromatic nitrogens is 4. The molecule has 0 aliphatic heterocycles.